The van der Waals surface area contributed by atoms with E-state index in [4.69, 9.17) is 21.9 Å². The molecule has 0 heterocycles. The molecule has 0 unspecified atom stereocenters. The first kappa shape index (κ1) is 14.4. The molecule has 0 aliphatic rings. The summed E-state index contributed by atoms with van der Waals surface area (Å²) in [5.74, 6) is -0.294. The molecule has 0 aromatic carbocycles. The Morgan fingerprint density at radius 3 is 2.75 bits per heavy atom. The molecule has 92 valence electrons. The smallest absolute Gasteiger partial charge is 0.330 e. The lowest BCUT2D eigenvalue weighted by Gasteiger charge is -2.04. The van der Waals surface area contributed by atoms with Crippen LogP contribution in [0.3, 0.4) is 0 Å². The Balaban J connectivity index is 3.69. The number of nitrogens with two attached hydrogens (primary N) is 3. The highest BCUT2D eigenvalue weighted by Gasteiger charge is 1.99. The third-order valence-corrected chi connectivity index (χ3v) is 1.76. The van der Waals surface area contributed by atoms with E-state index in [0.717, 1.165) is 6.42 Å². The Kier molecular flexibility index (Phi) is 7.87. The SMILES string of the molecule is CCOC(=O)C=C[C@@H](N)CCCN=C(N)N. The third-order valence-electron chi connectivity index (χ3n) is 1.76. The molecule has 6 nitrogen and oxygen atoms in total. The molecule has 0 aliphatic carbocycles. The summed E-state index contributed by atoms with van der Waals surface area (Å²) in [5.41, 5.74) is 16.1. The molecule has 0 rings (SSSR count). The summed E-state index contributed by atoms with van der Waals surface area (Å²) >= 11 is 0. The van der Waals surface area contributed by atoms with Crippen molar-refractivity contribution in [3.05, 3.63) is 12.2 Å². The van der Waals surface area contributed by atoms with E-state index in [-0.39, 0.29) is 18.0 Å². The predicted octanol–water partition coefficient (Wildman–Crippen LogP) is -0.513. The van der Waals surface area contributed by atoms with Crippen LogP contribution >= 0.6 is 0 Å². The van der Waals surface area contributed by atoms with Crippen LogP contribution in [-0.2, 0) is 9.53 Å². The van der Waals surface area contributed by atoms with E-state index < -0.39 is 0 Å². The molecular weight excluding hydrogens is 208 g/mol. The zero-order valence-electron chi connectivity index (χ0n) is 9.56. The molecule has 0 fully saturated rings. The second-order valence-electron chi connectivity index (χ2n) is 3.22. The first-order valence-electron chi connectivity index (χ1n) is 5.22. The lowest BCUT2D eigenvalue weighted by Crippen LogP contribution is -2.23. The van der Waals surface area contributed by atoms with Crippen molar-refractivity contribution in [2.75, 3.05) is 13.2 Å². The van der Waals surface area contributed by atoms with E-state index in [2.05, 4.69) is 4.99 Å². The number of rotatable bonds is 7. The molecule has 0 aromatic rings. The number of aliphatic imine (C=N–C) groups is 1. The maximum atomic E-state index is 10.9. The molecule has 0 spiro atoms. The maximum absolute atomic E-state index is 10.9. The summed E-state index contributed by atoms with van der Waals surface area (Å²) in [4.78, 5) is 14.8. The van der Waals surface area contributed by atoms with Gasteiger partial charge in [0.15, 0.2) is 5.96 Å². The van der Waals surface area contributed by atoms with Crippen molar-refractivity contribution < 1.29 is 9.53 Å². The first-order chi connectivity index (χ1) is 7.56. The standard InChI is InChI=1S/C10H20N4O2/c1-2-16-9(15)6-5-8(11)4-3-7-14-10(12)13/h5-6,8H,2-4,7,11H2,1H3,(H4,12,13,14)/t8-/m0/s1. The van der Waals surface area contributed by atoms with Crippen LogP contribution in [0.4, 0.5) is 0 Å². The van der Waals surface area contributed by atoms with Gasteiger partial charge in [0.05, 0.1) is 6.61 Å². The molecule has 0 aliphatic heterocycles. The monoisotopic (exact) mass is 228 g/mol. The normalized spacial score (nSPS) is 12.4. The van der Waals surface area contributed by atoms with Crippen LogP contribution in [-0.4, -0.2) is 31.1 Å². The van der Waals surface area contributed by atoms with Gasteiger partial charge in [-0.05, 0) is 19.8 Å². The van der Waals surface area contributed by atoms with Gasteiger partial charge in [-0.3, -0.25) is 4.99 Å². The Hall–Kier alpha value is -1.56. The predicted molar refractivity (Wildman–Crippen MR) is 63.7 cm³/mol. The Labute approximate surface area is 95.5 Å². The van der Waals surface area contributed by atoms with Gasteiger partial charge in [0.1, 0.15) is 0 Å². The van der Waals surface area contributed by atoms with Crippen molar-refractivity contribution in [2.45, 2.75) is 25.8 Å². The minimum absolute atomic E-state index is 0.0793. The van der Waals surface area contributed by atoms with Crippen molar-refractivity contribution in [1.82, 2.24) is 0 Å². The van der Waals surface area contributed by atoms with Crippen molar-refractivity contribution in [3.8, 4) is 0 Å². The van der Waals surface area contributed by atoms with Crippen LogP contribution in [0.25, 0.3) is 0 Å². The summed E-state index contributed by atoms with van der Waals surface area (Å²) in [5, 5.41) is 0. The fourth-order valence-electron chi connectivity index (χ4n) is 1.02. The van der Waals surface area contributed by atoms with E-state index in [1.54, 1.807) is 13.0 Å². The maximum Gasteiger partial charge on any atom is 0.330 e. The Morgan fingerprint density at radius 2 is 2.19 bits per heavy atom. The summed E-state index contributed by atoms with van der Waals surface area (Å²) in [6.45, 7) is 2.66. The van der Waals surface area contributed by atoms with Crippen LogP contribution in [0, 0.1) is 0 Å². The number of guanidine groups is 1. The van der Waals surface area contributed by atoms with Gasteiger partial charge < -0.3 is 21.9 Å². The van der Waals surface area contributed by atoms with Crippen LogP contribution < -0.4 is 17.2 Å². The van der Waals surface area contributed by atoms with E-state index >= 15 is 0 Å². The molecule has 0 aromatic heterocycles. The molecular formula is C10H20N4O2. The molecule has 6 heteroatoms. The number of hydrogen-bond acceptors (Lipinski definition) is 4. The zero-order chi connectivity index (χ0) is 12.4. The zero-order valence-corrected chi connectivity index (χ0v) is 9.56. The summed E-state index contributed by atoms with van der Waals surface area (Å²) in [6.07, 6.45) is 4.45. The fraction of sp³-hybridized carbons (Fsp3) is 0.600. The minimum Gasteiger partial charge on any atom is -0.463 e. The number of ether oxygens (including phenoxy) is 1. The molecule has 0 bridgehead atoms. The van der Waals surface area contributed by atoms with Gasteiger partial charge in [-0.15, -0.1) is 0 Å². The summed E-state index contributed by atoms with van der Waals surface area (Å²) in [7, 11) is 0. The van der Waals surface area contributed by atoms with Crippen molar-refractivity contribution in [2.24, 2.45) is 22.2 Å². The Morgan fingerprint density at radius 1 is 1.50 bits per heavy atom. The highest BCUT2D eigenvalue weighted by atomic mass is 16.5. The van der Waals surface area contributed by atoms with Crippen molar-refractivity contribution in [3.63, 3.8) is 0 Å². The van der Waals surface area contributed by atoms with Crippen LogP contribution in [0.5, 0.6) is 0 Å². The topological polar surface area (TPSA) is 117 Å². The fourth-order valence-corrected chi connectivity index (χ4v) is 1.02. The largest absolute Gasteiger partial charge is 0.463 e. The minimum atomic E-state index is -0.373. The van der Waals surface area contributed by atoms with Crippen molar-refractivity contribution >= 4 is 11.9 Å². The highest BCUT2D eigenvalue weighted by molar-refractivity contribution is 5.81. The van der Waals surface area contributed by atoms with Gasteiger partial charge in [-0.1, -0.05) is 6.08 Å². The third kappa shape index (κ3) is 9.01. The summed E-state index contributed by atoms with van der Waals surface area (Å²) < 4.78 is 4.71. The number of esters is 1. The lowest BCUT2D eigenvalue weighted by molar-refractivity contribution is -0.137. The first-order valence-corrected chi connectivity index (χ1v) is 5.22. The summed E-state index contributed by atoms with van der Waals surface area (Å²) in [6, 6.07) is -0.182. The Bertz CT molecular complexity index is 260. The van der Waals surface area contributed by atoms with E-state index in [1.807, 2.05) is 0 Å². The molecule has 16 heavy (non-hydrogen) atoms. The van der Waals surface area contributed by atoms with E-state index in [0.29, 0.717) is 19.6 Å². The molecule has 0 radical (unpaired) electrons. The average Bonchev–Trinajstić information content (AvgIpc) is 2.22. The molecule has 0 saturated heterocycles. The van der Waals surface area contributed by atoms with Crippen LogP contribution in [0.1, 0.15) is 19.8 Å². The molecule has 1 atom stereocenters. The second kappa shape index (κ2) is 8.72. The van der Waals surface area contributed by atoms with Crippen LogP contribution in [0.15, 0.2) is 17.1 Å². The number of hydrogen-bond donors (Lipinski definition) is 3. The number of nitrogens with zero attached hydrogens (tertiary/aromatic N) is 1. The van der Waals surface area contributed by atoms with Gasteiger partial charge in [-0.25, -0.2) is 4.79 Å². The average molecular weight is 228 g/mol. The molecule has 6 N–H and O–H groups in total. The molecule has 0 saturated carbocycles. The number of carbonyl (C=O) groups is 1. The highest BCUT2D eigenvalue weighted by Crippen LogP contribution is 1.97. The van der Waals surface area contributed by atoms with Crippen LogP contribution in [0.2, 0.25) is 0 Å². The van der Waals surface area contributed by atoms with Gasteiger partial charge >= 0.3 is 5.97 Å². The molecule has 0 amide bonds. The van der Waals surface area contributed by atoms with Gasteiger partial charge in [0, 0.05) is 18.7 Å². The van der Waals surface area contributed by atoms with Crippen molar-refractivity contribution in [1.29, 1.82) is 0 Å². The van der Waals surface area contributed by atoms with E-state index in [9.17, 15) is 4.79 Å². The van der Waals surface area contributed by atoms with Gasteiger partial charge in [0.2, 0.25) is 0 Å². The van der Waals surface area contributed by atoms with Gasteiger partial charge in [0.25, 0.3) is 0 Å². The number of carbonyl (C=O) groups excluding carboxylic acids is 1. The lowest BCUT2D eigenvalue weighted by atomic mass is 10.1. The van der Waals surface area contributed by atoms with E-state index in [1.165, 1.54) is 6.08 Å². The van der Waals surface area contributed by atoms with Gasteiger partial charge in [-0.2, -0.15) is 0 Å². The second-order valence-corrected chi connectivity index (χ2v) is 3.22. The quantitative estimate of drug-likeness (QED) is 0.178.